The van der Waals surface area contributed by atoms with Gasteiger partial charge >= 0.3 is 0 Å². The number of aliphatic hydroxyl groups is 1. The Balaban J connectivity index is 2.75. The predicted molar refractivity (Wildman–Crippen MR) is 70.9 cm³/mol. The third-order valence-electron chi connectivity index (χ3n) is 2.43. The van der Waals surface area contributed by atoms with Crippen LogP contribution < -0.4 is 4.72 Å². The summed E-state index contributed by atoms with van der Waals surface area (Å²) in [5.41, 5.74) is 0.135. The number of ether oxygens (including phenoxy) is 1. The highest BCUT2D eigenvalue weighted by Gasteiger charge is 2.18. The van der Waals surface area contributed by atoms with Gasteiger partial charge in [-0.1, -0.05) is 0 Å². The van der Waals surface area contributed by atoms with Gasteiger partial charge in [0.25, 0.3) is 5.69 Å². The number of aryl methyl sites for hydroxylation is 1. The van der Waals surface area contributed by atoms with Gasteiger partial charge in [-0.2, -0.15) is 0 Å². The first-order chi connectivity index (χ1) is 9.38. The lowest BCUT2D eigenvalue weighted by Gasteiger charge is -2.09. The molecule has 0 saturated heterocycles. The van der Waals surface area contributed by atoms with Crippen molar-refractivity contribution in [3.63, 3.8) is 0 Å². The maximum absolute atomic E-state index is 12.0. The molecule has 0 radical (unpaired) electrons. The highest BCUT2D eigenvalue weighted by atomic mass is 32.2. The molecule has 1 aromatic rings. The number of rotatable bonds is 8. The molecule has 0 spiro atoms. The lowest BCUT2D eigenvalue weighted by Crippen LogP contribution is -2.28. The van der Waals surface area contributed by atoms with Crippen LogP contribution >= 0.6 is 0 Å². The molecule has 0 aliphatic rings. The zero-order valence-corrected chi connectivity index (χ0v) is 11.7. The number of nitro benzene ring substituents is 1. The Morgan fingerprint density at radius 2 is 2.10 bits per heavy atom. The molecule has 9 heteroatoms. The number of hydrogen-bond acceptors (Lipinski definition) is 6. The summed E-state index contributed by atoms with van der Waals surface area (Å²) in [4.78, 5) is 10.00. The van der Waals surface area contributed by atoms with Crippen molar-refractivity contribution in [2.24, 2.45) is 0 Å². The summed E-state index contributed by atoms with van der Waals surface area (Å²) < 4.78 is 31.2. The molecule has 0 heterocycles. The molecule has 1 aromatic carbocycles. The second-order valence-electron chi connectivity index (χ2n) is 3.94. The van der Waals surface area contributed by atoms with E-state index in [4.69, 9.17) is 9.84 Å². The third kappa shape index (κ3) is 4.53. The summed E-state index contributed by atoms with van der Waals surface area (Å²) in [6.45, 7) is 1.68. The molecule has 0 unspecified atom stereocenters. The molecule has 0 fully saturated rings. The normalized spacial score (nSPS) is 11.5. The summed E-state index contributed by atoms with van der Waals surface area (Å²) in [6, 6.07) is 3.55. The number of nitro groups is 1. The van der Waals surface area contributed by atoms with Gasteiger partial charge in [0.2, 0.25) is 10.0 Å². The minimum absolute atomic E-state index is 0.00902. The second kappa shape index (κ2) is 7.29. The van der Waals surface area contributed by atoms with Crippen LogP contribution in [-0.4, -0.2) is 44.8 Å². The van der Waals surface area contributed by atoms with Crippen LogP contribution in [0.25, 0.3) is 0 Å². The van der Waals surface area contributed by atoms with Crippen LogP contribution in [0.3, 0.4) is 0 Å². The highest BCUT2D eigenvalue weighted by Crippen LogP contribution is 2.20. The molecular weight excluding hydrogens is 288 g/mol. The van der Waals surface area contributed by atoms with E-state index >= 15 is 0 Å². The van der Waals surface area contributed by atoms with Crippen molar-refractivity contribution in [2.45, 2.75) is 11.8 Å². The van der Waals surface area contributed by atoms with E-state index in [1.165, 1.54) is 19.1 Å². The summed E-state index contributed by atoms with van der Waals surface area (Å²) in [6.07, 6.45) is 0. The Bertz CT molecular complexity index is 572. The van der Waals surface area contributed by atoms with Gasteiger partial charge in [0.1, 0.15) is 0 Å². The van der Waals surface area contributed by atoms with Gasteiger partial charge in [-0.25, -0.2) is 13.1 Å². The van der Waals surface area contributed by atoms with Gasteiger partial charge in [0.15, 0.2) is 0 Å². The standard InChI is InChI=1S/C11H16N2O6S/c1-9-8-10(13(15)16)2-3-11(9)20(17,18)12-4-6-19-7-5-14/h2-3,8,12,14H,4-7H2,1H3. The lowest BCUT2D eigenvalue weighted by molar-refractivity contribution is -0.385. The zero-order chi connectivity index (χ0) is 15.2. The summed E-state index contributed by atoms with van der Waals surface area (Å²) in [5, 5.41) is 19.1. The van der Waals surface area contributed by atoms with E-state index in [9.17, 15) is 18.5 Å². The average Bonchev–Trinajstić information content (AvgIpc) is 2.37. The van der Waals surface area contributed by atoms with Gasteiger partial charge in [-0.3, -0.25) is 10.1 Å². The van der Waals surface area contributed by atoms with Crippen molar-refractivity contribution in [1.29, 1.82) is 0 Å². The first kappa shape index (κ1) is 16.5. The van der Waals surface area contributed by atoms with Gasteiger partial charge in [-0.15, -0.1) is 0 Å². The van der Waals surface area contributed by atoms with Crippen LogP contribution in [-0.2, 0) is 14.8 Å². The zero-order valence-electron chi connectivity index (χ0n) is 10.9. The molecule has 0 saturated carbocycles. The van der Waals surface area contributed by atoms with Gasteiger partial charge in [0.05, 0.1) is 29.6 Å². The van der Waals surface area contributed by atoms with Crippen molar-refractivity contribution in [3.05, 3.63) is 33.9 Å². The van der Waals surface area contributed by atoms with Crippen molar-refractivity contribution >= 4 is 15.7 Å². The fourth-order valence-electron chi connectivity index (χ4n) is 1.54. The molecule has 112 valence electrons. The van der Waals surface area contributed by atoms with Crippen molar-refractivity contribution in [2.75, 3.05) is 26.4 Å². The average molecular weight is 304 g/mol. The number of nitrogens with one attached hydrogen (secondary N) is 1. The third-order valence-corrected chi connectivity index (χ3v) is 4.05. The number of hydrogen-bond donors (Lipinski definition) is 2. The summed E-state index contributed by atoms with van der Waals surface area (Å²) >= 11 is 0. The molecular formula is C11H16N2O6S. The summed E-state index contributed by atoms with van der Waals surface area (Å²) in [5.74, 6) is 0. The largest absolute Gasteiger partial charge is 0.394 e. The topological polar surface area (TPSA) is 119 Å². The van der Waals surface area contributed by atoms with E-state index in [-0.39, 0.29) is 36.9 Å². The SMILES string of the molecule is Cc1cc([N+](=O)[O-])ccc1S(=O)(=O)NCCOCCO. The van der Waals surface area contributed by atoms with E-state index in [1.54, 1.807) is 0 Å². The van der Waals surface area contributed by atoms with Gasteiger partial charge < -0.3 is 9.84 Å². The summed E-state index contributed by atoms with van der Waals surface area (Å²) in [7, 11) is -3.74. The molecule has 0 aliphatic heterocycles. The van der Waals surface area contributed by atoms with E-state index in [1.807, 2.05) is 0 Å². The van der Waals surface area contributed by atoms with Crippen LogP contribution in [0, 0.1) is 17.0 Å². The fourth-order valence-corrected chi connectivity index (χ4v) is 2.78. The fraction of sp³-hybridized carbons (Fsp3) is 0.455. The number of nitrogens with zero attached hydrogens (tertiary/aromatic N) is 1. The Morgan fingerprint density at radius 1 is 1.40 bits per heavy atom. The quantitative estimate of drug-likeness (QED) is 0.402. The Labute approximate surface area is 116 Å². The van der Waals surface area contributed by atoms with E-state index in [0.717, 1.165) is 6.07 Å². The van der Waals surface area contributed by atoms with Gasteiger partial charge in [-0.05, 0) is 18.6 Å². The second-order valence-corrected chi connectivity index (χ2v) is 5.68. The molecule has 1 rings (SSSR count). The Morgan fingerprint density at radius 3 is 2.65 bits per heavy atom. The molecule has 0 aromatic heterocycles. The van der Waals surface area contributed by atoms with Crippen molar-refractivity contribution in [1.82, 2.24) is 4.72 Å². The number of benzene rings is 1. The molecule has 2 N–H and O–H groups in total. The molecule has 0 amide bonds. The molecule has 0 aliphatic carbocycles. The number of aliphatic hydroxyl groups excluding tert-OH is 1. The van der Waals surface area contributed by atoms with Crippen LogP contribution in [0.15, 0.2) is 23.1 Å². The highest BCUT2D eigenvalue weighted by molar-refractivity contribution is 7.89. The van der Waals surface area contributed by atoms with Crippen LogP contribution in [0.1, 0.15) is 5.56 Å². The molecule has 8 nitrogen and oxygen atoms in total. The van der Waals surface area contributed by atoms with Crippen molar-refractivity contribution < 1.29 is 23.2 Å². The number of non-ortho nitro benzene ring substituents is 1. The van der Waals surface area contributed by atoms with Crippen LogP contribution in [0.5, 0.6) is 0 Å². The molecule has 0 atom stereocenters. The first-order valence-corrected chi connectivity index (χ1v) is 7.30. The number of sulfonamides is 1. The van der Waals surface area contributed by atoms with E-state index in [2.05, 4.69) is 4.72 Å². The Hall–Kier alpha value is -1.55. The monoisotopic (exact) mass is 304 g/mol. The van der Waals surface area contributed by atoms with Crippen molar-refractivity contribution in [3.8, 4) is 0 Å². The first-order valence-electron chi connectivity index (χ1n) is 5.82. The molecule has 20 heavy (non-hydrogen) atoms. The maximum atomic E-state index is 12.0. The predicted octanol–water partition coefficient (Wildman–Crippen LogP) is 0.190. The van der Waals surface area contributed by atoms with Crippen LogP contribution in [0.4, 0.5) is 5.69 Å². The van der Waals surface area contributed by atoms with Crippen LogP contribution in [0.2, 0.25) is 0 Å². The smallest absolute Gasteiger partial charge is 0.269 e. The minimum atomic E-state index is -3.74. The Kier molecular flexibility index (Phi) is 6.02. The molecule has 0 bridgehead atoms. The maximum Gasteiger partial charge on any atom is 0.269 e. The van der Waals surface area contributed by atoms with E-state index in [0.29, 0.717) is 5.56 Å². The van der Waals surface area contributed by atoms with Gasteiger partial charge in [0, 0.05) is 18.7 Å². The van der Waals surface area contributed by atoms with E-state index < -0.39 is 14.9 Å². The lowest BCUT2D eigenvalue weighted by atomic mass is 10.2. The minimum Gasteiger partial charge on any atom is -0.394 e.